The average Bonchev–Trinajstić information content (AvgIpc) is 2.61. The van der Waals surface area contributed by atoms with Crippen LogP contribution in [0, 0.1) is 0 Å². The van der Waals surface area contributed by atoms with Crippen molar-refractivity contribution in [1.29, 1.82) is 0 Å². The van der Waals surface area contributed by atoms with Gasteiger partial charge >= 0.3 is 77.6 Å². The van der Waals surface area contributed by atoms with E-state index in [-0.39, 0.29) is 0 Å². The molecule has 1 aromatic carbocycles. The summed E-state index contributed by atoms with van der Waals surface area (Å²) in [6.45, 7) is 5.65. The minimum atomic E-state index is 0.961. The Hall–Kier alpha value is -1.31. The summed E-state index contributed by atoms with van der Waals surface area (Å²) in [4.78, 5) is 0. The second-order valence-electron chi connectivity index (χ2n) is 3.12. The molecule has 0 fully saturated rings. The Kier molecular flexibility index (Phi) is 2.30. The molecule has 0 aliphatic rings. The van der Waals surface area contributed by atoms with E-state index in [2.05, 4.69) is 18.6 Å². The summed E-state index contributed by atoms with van der Waals surface area (Å²) >= 11 is 0. The topological polar surface area (TPSA) is 13.1 Å². The third kappa shape index (κ3) is 1.72. The zero-order valence-corrected chi connectivity index (χ0v) is 7.49. The van der Waals surface area contributed by atoms with Gasteiger partial charge in [0.1, 0.15) is 0 Å². The molecule has 0 saturated heterocycles. The van der Waals surface area contributed by atoms with Crippen LogP contribution in [0.2, 0.25) is 6.32 Å². The fraction of sp³-hybridized carbons (Fsp3) is 0.182. The first-order chi connectivity index (χ1) is 6.40. The van der Waals surface area contributed by atoms with Gasteiger partial charge in [0.05, 0.1) is 0 Å². The summed E-state index contributed by atoms with van der Waals surface area (Å²) in [7, 11) is 0. The summed E-state index contributed by atoms with van der Waals surface area (Å²) in [5.41, 5.74) is 2.30. The van der Waals surface area contributed by atoms with E-state index in [0.29, 0.717) is 0 Å². The third-order valence-electron chi connectivity index (χ3n) is 2.15. The van der Waals surface area contributed by atoms with Gasteiger partial charge in [-0.15, -0.1) is 0 Å². The van der Waals surface area contributed by atoms with E-state index in [9.17, 15) is 0 Å². The molecule has 2 rings (SSSR count). The molecule has 0 spiro atoms. The molecule has 0 atom stereocenters. The third-order valence-corrected chi connectivity index (χ3v) is 2.15. The van der Waals surface area contributed by atoms with Gasteiger partial charge < -0.3 is 0 Å². The number of aryl methyl sites for hydroxylation is 1. The van der Waals surface area contributed by atoms with Gasteiger partial charge in [-0.1, -0.05) is 0 Å². The molecule has 0 amide bonds. The van der Waals surface area contributed by atoms with Crippen molar-refractivity contribution < 1.29 is 4.42 Å². The molecule has 2 aromatic rings. The van der Waals surface area contributed by atoms with Crippen molar-refractivity contribution >= 4 is 24.4 Å². The van der Waals surface area contributed by atoms with Gasteiger partial charge in [0.15, 0.2) is 0 Å². The fourth-order valence-electron chi connectivity index (χ4n) is 1.44. The molecule has 64 valence electrons. The van der Waals surface area contributed by atoms with Crippen LogP contribution in [0.5, 0.6) is 0 Å². The predicted molar refractivity (Wildman–Crippen MR) is 57.6 cm³/mol. The van der Waals surface area contributed by atoms with E-state index in [4.69, 9.17) is 4.42 Å². The molecule has 0 aliphatic heterocycles. The summed E-state index contributed by atoms with van der Waals surface area (Å²) in [5.74, 6) is 0. The Bertz CT molecular complexity index is 417. The van der Waals surface area contributed by atoms with Gasteiger partial charge in [0.25, 0.3) is 0 Å². The molecule has 0 aliphatic carbocycles. The van der Waals surface area contributed by atoms with E-state index in [1.807, 2.05) is 19.1 Å². The van der Waals surface area contributed by atoms with Crippen LogP contribution in [0.1, 0.15) is 5.56 Å². The SMILES string of the molecule is C=BCCc1ccc2occc2c1. The van der Waals surface area contributed by atoms with Crippen molar-refractivity contribution in [2.45, 2.75) is 12.7 Å². The van der Waals surface area contributed by atoms with Crippen molar-refractivity contribution in [3.05, 3.63) is 36.1 Å². The number of furan rings is 1. The van der Waals surface area contributed by atoms with E-state index >= 15 is 0 Å². The quantitative estimate of drug-likeness (QED) is 0.645. The van der Waals surface area contributed by atoms with E-state index in [1.165, 1.54) is 10.9 Å². The summed E-state index contributed by atoms with van der Waals surface area (Å²) < 4.78 is 5.26. The number of fused-ring (bicyclic) bond motifs is 1. The first-order valence-electron chi connectivity index (χ1n) is 4.47. The van der Waals surface area contributed by atoms with E-state index in [1.54, 1.807) is 6.26 Å². The Morgan fingerprint density at radius 1 is 1.31 bits per heavy atom. The molecule has 1 heterocycles. The minimum absolute atomic E-state index is 0.961. The number of hydrogen-bond acceptors (Lipinski definition) is 1. The standard InChI is InChI=1S/C11H11BO/c1-12-6-4-9-2-3-11-10(8-9)5-7-13-11/h2-3,5,7-8H,1,4,6H2. The Morgan fingerprint density at radius 3 is 3.08 bits per heavy atom. The monoisotopic (exact) mass is 170 g/mol. The maximum absolute atomic E-state index is 5.26. The van der Waals surface area contributed by atoms with Crippen molar-refractivity contribution in [3.63, 3.8) is 0 Å². The van der Waals surface area contributed by atoms with Gasteiger partial charge in [-0.3, -0.25) is 0 Å². The van der Waals surface area contributed by atoms with Crippen molar-refractivity contribution in [2.75, 3.05) is 0 Å². The summed E-state index contributed by atoms with van der Waals surface area (Å²) in [5, 5.41) is 1.18. The molecule has 0 radical (unpaired) electrons. The first-order valence-corrected chi connectivity index (χ1v) is 4.47. The molecular weight excluding hydrogens is 159 g/mol. The second kappa shape index (κ2) is 3.61. The first kappa shape index (κ1) is 8.30. The van der Waals surface area contributed by atoms with Crippen LogP contribution < -0.4 is 0 Å². The molecule has 1 nitrogen and oxygen atoms in total. The zero-order valence-electron chi connectivity index (χ0n) is 7.49. The Labute approximate surface area is 78.3 Å². The van der Waals surface area contributed by atoms with Crippen LogP contribution in [0.4, 0.5) is 0 Å². The molecule has 1 aromatic heterocycles. The van der Waals surface area contributed by atoms with Crippen LogP contribution in [0.25, 0.3) is 11.0 Å². The Morgan fingerprint density at radius 2 is 2.23 bits per heavy atom. The number of rotatable bonds is 3. The summed E-state index contributed by atoms with van der Waals surface area (Å²) in [6.07, 6.45) is 3.82. The molecule has 13 heavy (non-hydrogen) atoms. The van der Waals surface area contributed by atoms with Gasteiger partial charge in [-0.05, 0) is 0 Å². The second-order valence-corrected chi connectivity index (χ2v) is 3.12. The van der Waals surface area contributed by atoms with Crippen molar-refractivity contribution in [3.8, 4) is 0 Å². The number of hydrogen-bond donors (Lipinski definition) is 0. The molecule has 0 bridgehead atoms. The molecule has 0 N–H and O–H groups in total. The van der Waals surface area contributed by atoms with Gasteiger partial charge in [-0.25, -0.2) is 0 Å². The van der Waals surface area contributed by atoms with E-state index in [0.717, 1.165) is 18.3 Å². The van der Waals surface area contributed by atoms with E-state index < -0.39 is 0 Å². The van der Waals surface area contributed by atoms with Crippen molar-refractivity contribution in [1.82, 2.24) is 0 Å². The maximum atomic E-state index is 5.26. The van der Waals surface area contributed by atoms with Crippen LogP contribution in [0.15, 0.2) is 34.9 Å². The molecule has 0 unspecified atom stereocenters. The van der Waals surface area contributed by atoms with Crippen LogP contribution in [0.3, 0.4) is 0 Å². The van der Waals surface area contributed by atoms with Crippen LogP contribution in [-0.2, 0) is 6.42 Å². The summed E-state index contributed by atoms with van der Waals surface area (Å²) in [6, 6.07) is 8.29. The molecule has 0 saturated carbocycles. The van der Waals surface area contributed by atoms with Gasteiger partial charge in [-0.2, -0.15) is 0 Å². The van der Waals surface area contributed by atoms with Crippen LogP contribution >= 0.6 is 0 Å². The van der Waals surface area contributed by atoms with Crippen molar-refractivity contribution in [2.24, 2.45) is 0 Å². The Balaban J connectivity index is 2.31. The normalized spacial score (nSPS) is 10.2. The fourth-order valence-corrected chi connectivity index (χ4v) is 1.44. The van der Waals surface area contributed by atoms with Gasteiger partial charge in [0, 0.05) is 0 Å². The van der Waals surface area contributed by atoms with Gasteiger partial charge in [0.2, 0.25) is 0 Å². The number of benzene rings is 1. The van der Waals surface area contributed by atoms with Crippen LogP contribution in [-0.4, -0.2) is 13.4 Å². The predicted octanol–water partition coefficient (Wildman–Crippen LogP) is 2.53. The molecule has 2 heteroatoms. The average molecular weight is 170 g/mol. The zero-order chi connectivity index (χ0) is 9.10. The molecular formula is C11H11BO.